The van der Waals surface area contributed by atoms with E-state index in [1.54, 1.807) is 54.7 Å². The van der Waals surface area contributed by atoms with Gasteiger partial charge in [-0.1, -0.05) is 6.07 Å². The molecule has 47 heavy (non-hydrogen) atoms. The standard InChI is InChI=1S/C34H30F3N7O3/c1-43-5-7-44(8-6-43)27-11-21(10-22(12-27)34(35,36)37)32(45)41-26-13-25(14-28(15-26)47-2)40-23-3-4-29-30(33(46)42-31(29)17-23)16-24-9-20(18-38)19-39-24/h3-4,9-17,19,39-40H,5-8H2,1-2H3,(H,41,45)(H,42,46)/b30-16-. The molecular weight excluding hydrogens is 611 g/mol. The topological polar surface area (TPSA) is 126 Å². The summed E-state index contributed by atoms with van der Waals surface area (Å²) >= 11 is 0. The number of benzene rings is 3. The Hall–Kier alpha value is -5.74. The van der Waals surface area contributed by atoms with Crippen LogP contribution in [0.4, 0.5) is 41.6 Å². The highest BCUT2D eigenvalue weighted by Crippen LogP contribution is 2.37. The molecule has 2 amide bonds. The third-order valence-electron chi connectivity index (χ3n) is 8.00. The first-order valence-electron chi connectivity index (χ1n) is 14.7. The van der Waals surface area contributed by atoms with Gasteiger partial charge in [0.1, 0.15) is 11.8 Å². The number of piperazine rings is 1. The van der Waals surface area contributed by atoms with Crippen LogP contribution in [0.15, 0.2) is 66.9 Å². The van der Waals surface area contributed by atoms with Crippen LogP contribution in [-0.2, 0) is 11.0 Å². The van der Waals surface area contributed by atoms with Gasteiger partial charge in [0.2, 0.25) is 0 Å². The fourth-order valence-electron chi connectivity index (χ4n) is 5.52. The average Bonchev–Trinajstić information content (AvgIpc) is 3.63. The van der Waals surface area contributed by atoms with Crippen molar-refractivity contribution in [1.82, 2.24) is 9.88 Å². The maximum Gasteiger partial charge on any atom is 0.416 e. The van der Waals surface area contributed by atoms with Crippen molar-refractivity contribution in [1.29, 1.82) is 5.26 Å². The van der Waals surface area contributed by atoms with Crippen LogP contribution in [0.5, 0.6) is 5.75 Å². The number of methoxy groups -OCH3 is 1. The van der Waals surface area contributed by atoms with Gasteiger partial charge < -0.3 is 35.5 Å². The van der Waals surface area contributed by atoms with Crippen molar-refractivity contribution in [2.75, 3.05) is 61.2 Å². The molecule has 0 radical (unpaired) electrons. The number of aromatic nitrogens is 1. The zero-order valence-corrected chi connectivity index (χ0v) is 25.5. The molecule has 3 aromatic carbocycles. The summed E-state index contributed by atoms with van der Waals surface area (Å²) in [5, 5.41) is 17.9. The first-order valence-corrected chi connectivity index (χ1v) is 14.7. The summed E-state index contributed by atoms with van der Waals surface area (Å²) in [6.45, 7) is 2.49. The number of ether oxygens (including phenoxy) is 1. The maximum atomic E-state index is 13.8. The van der Waals surface area contributed by atoms with Crippen molar-refractivity contribution in [2.45, 2.75) is 6.18 Å². The van der Waals surface area contributed by atoms with E-state index in [0.717, 1.165) is 12.1 Å². The first kappa shape index (κ1) is 31.3. The van der Waals surface area contributed by atoms with Crippen molar-refractivity contribution >= 4 is 51.9 Å². The summed E-state index contributed by atoms with van der Waals surface area (Å²) in [7, 11) is 3.41. The normalized spacial score (nSPS) is 15.6. The second kappa shape index (κ2) is 12.6. The van der Waals surface area contributed by atoms with Crippen LogP contribution in [-0.4, -0.2) is 62.0 Å². The van der Waals surface area contributed by atoms with Crippen LogP contribution in [0.1, 0.15) is 32.7 Å². The summed E-state index contributed by atoms with van der Waals surface area (Å²) in [6.07, 6.45) is -1.40. The van der Waals surface area contributed by atoms with Gasteiger partial charge in [0.25, 0.3) is 11.8 Å². The summed E-state index contributed by atoms with van der Waals surface area (Å²) < 4.78 is 47.0. The number of aromatic amines is 1. The van der Waals surface area contributed by atoms with E-state index in [0.29, 0.717) is 82.8 Å². The Morgan fingerprint density at radius 1 is 1.00 bits per heavy atom. The molecule has 0 aliphatic carbocycles. The van der Waals surface area contributed by atoms with Gasteiger partial charge in [-0.15, -0.1) is 0 Å². The predicted octanol–water partition coefficient (Wildman–Crippen LogP) is 6.15. The van der Waals surface area contributed by atoms with Gasteiger partial charge in [-0.05, 0) is 55.6 Å². The molecule has 0 bridgehead atoms. The molecule has 1 fully saturated rings. The number of H-pyrrole nitrogens is 1. The molecule has 13 heteroatoms. The maximum absolute atomic E-state index is 13.8. The number of likely N-dealkylation sites (N-methyl/N-ethyl adjacent to an activating group) is 1. The second-order valence-corrected chi connectivity index (χ2v) is 11.3. The minimum atomic E-state index is -4.63. The van der Waals surface area contributed by atoms with E-state index >= 15 is 0 Å². The highest BCUT2D eigenvalue weighted by Gasteiger charge is 2.33. The summed E-state index contributed by atoms with van der Waals surface area (Å²) in [5.41, 5.74) is 3.55. The average molecular weight is 642 g/mol. The number of fused-ring (bicyclic) bond motifs is 1. The summed E-state index contributed by atoms with van der Waals surface area (Å²) in [6, 6.07) is 17.3. The van der Waals surface area contributed by atoms with Crippen LogP contribution in [0.25, 0.3) is 11.6 Å². The fraction of sp³-hybridized carbons (Fsp3) is 0.206. The number of nitrogens with one attached hydrogen (secondary N) is 4. The van der Waals surface area contributed by atoms with Crippen LogP contribution >= 0.6 is 0 Å². The van der Waals surface area contributed by atoms with Crippen molar-refractivity contribution in [3.05, 3.63) is 94.8 Å². The van der Waals surface area contributed by atoms with E-state index < -0.39 is 17.6 Å². The van der Waals surface area contributed by atoms with E-state index in [-0.39, 0.29) is 11.5 Å². The van der Waals surface area contributed by atoms with Crippen molar-refractivity contribution in [3.8, 4) is 11.8 Å². The van der Waals surface area contributed by atoms with Crippen molar-refractivity contribution in [3.63, 3.8) is 0 Å². The highest BCUT2D eigenvalue weighted by atomic mass is 19.4. The van der Waals surface area contributed by atoms with Crippen LogP contribution < -0.4 is 25.6 Å². The summed E-state index contributed by atoms with van der Waals surface area (Å²) in [5.74, 6) is -0.592. The molecule has 3 heterocycles. The number of amides is 2. The molecule has 0 unspecified atom stereocenters. The number of nitrogens with zero attached hydrogens (tertiary/aromatic N) is 3. The van der Waals surface area contributed by atoms with Gasteiger partial charge in [-0.3, -0.25) is 9.59 Å². The Balaban J connectivity index is 1.23. The zero-order valence-electron chi connectivity index (χ0n) is 25.5. The third-order valence-corrected chi connectivity index (χ3v) is 8.00. The Morgan fingerprint density at radius 3 is 2.47 bits per heavy atom. The van der Waals surface area contributed by atoms with Crippen LogP contribution in [0.3, 0.4) is 0 Å². The molecule has 1 saturated heterocycles. The fourth-order valence-corrected chi connectivity index (χ4v) is 5.52. The minimum absolute atomic E-state index is 0.118. The molecule has 240 valence electrons. The Morgan fingerprint density at radius 2 is 1.77 bits per heavy atom. The van der Waals surface area contributed by atoms with E-state index in [9.17, 15) is 22.8 Å². The molecule has 4 aromatic rings. The molecule has 1 aromatic heterocycles. The quantitative estimate of drug-likeness (QED) is 0.178. The number of alkyl halides is 3. The lowest BCUT2D eigenvalue weighted by Crippen LogP contribution is -2.44. The lowest BCUT2D eigenvalue weighted by atomic mass is 10.1. The number of anilines is 5. The third kappa shape index (κ3) is 6.92. The molecule has 2 aliphatic heterocycles. The van der Waals surface area contributed by atoms with E-state index in [1.807, 2.05) is 18.0 Å². The monoisotopic (exact) mass is 641 g/mol. The number of carbonyl (C=O) groups excluding carboxylic acids is 2. The molecule has 2 aliphatic rings. The Bertz CT molecular complexity index is 1940. The van der Waals surface area contributed by atoms with E-state index in [1.165, 1.54) is 13.2 Å². The van der Waals surface area contributed by atoms with Gasteiger partial charge >= 0.3 is 6.18 Å². The predicted molar refractivity (Wildman–Crippen MR) is 174 cm³/mol. The Kier molecular flexibility index (Phi) is 8.36. The Labute approximate surface area is 268 Å². The zero-order chi connectivity index (χ0) is 33.3. The lowest BCUT2D eigenvalue weighted by molar-refractivity contribution is -0.137. The van der Waals surface area contributed by atoms with E-state index in [4.69, 9.17) is 10.00 Å². The molecule has 4 N–H and O–H groups in total. The molecule has 0 spiro atoms. The number of rotatable bonds is 7. The number of nitriles is 1. The smallest absolute Gasteiger partial charge is 0.416 e. The number of carbonyl (C=O) groups is 2. The SMILES string of the molecule is COc1cc(NC(=O)c2cc(N3CCN(C)CC3)cc(C(F)(F)F)c2)cc(Nc2ccc3c(c2)NC(=O)/C3=C\c2cc(C#N)c[nH]2)c1. The molecule has 0 saturated carbocycles. The number of hydrogen-bond acceptors (Lipinski definition) is 7. The van der Waals surface area contributed by atoms with Crippen LogP contribution in [0, 0.1) is 11.3 Å². The second-order valence-electron chi connectivity index (χ2n) is 11.3. The van der Waals surface area contributed by atoms with Gasteiger partial charge in [0, 0.05) is 84.1 Å². The highest BCUT2D eigenvalue weighted by molar-refractivity contribution is 6.35. The van der Waals surface area contributed by atoms with Gasteiger partial charge in [0.15, 0.2) is 0 Å². The molecule has 10 nitrogen and oxygen atoms in total. The van der Waals surface area contributed by atoms with Gasteiger partial charge in [-0.2, -0.15) is 18.4 Å². The van der Waals surface area contributed by atoms with E-state index in [2.05, 4.69) is 25.8 Å². The minimum Gasteiger partial charge on any atom is -0.497 e. The lowest BCUT2D eigenvalue weighted by Gasteiger charge is -2.34. The molecule has 6 rings (SSSR count). The van der Waals surface area contributed by atoms with Gasteiger partial charge in [-0.25, -0.2) is 0 Å². The number of halogens is 3. The molecular formula is C34H30F3N7O3. The van der Waals surface area contributed by atoms with Crippen molar-refractivity contribution in [2.24, 2.45) is 0 Å². The first-order chi connectivity index (χ1) is 22.5. The van der Waals surface area contributed by atoms with Crippen LogP contribution in [0.2, 0.25) is 0 Å². The number of hydrogen-bond donors (Lipinski definition) is 4. The summed E-state index contributed by atoms with van der Waals surface area (Å²) in [4.78, 5) is 33.0. The largest absolute Gasteiger partial charge is 0.497 e. The molecule has 0 atom stereocenters. The van der Waals surface area contributed by atoms with Gasteiger partial charge in [0.05, 0.1) is 29.5 Å². The van der Waals surface area contributed by atoms with Crippen molar-refractivity contribution < 1.29 is 27.5 Å².